The van der Waals surface area contributed by atoms with Gasteiger partial charge in [-0.1, -0.05) is 18.5 Å². The standard InChI is InChI=1S/C15H20ClNO3/c1-9(15(18)19)11-3-5-12(6-4-11)20-13-7-8-17-10(2)14(13)16/h7-9,11-12H,3-6H2,1-2H3,(H,18,19). The lowest BCUT2D eigenvalue weighted by molar-refractivity contribution is -0.143. The topological polar surface area (TPSA) is 59.4 Å². The minimum Gasteiger partial charge on any atom is -0.489 e. The molecule has 0 bridgehead atoms. The lowest BCUT2D eigenvalue weighted by Crippen LogP contribution is -2.30. The van der Waals surface area contributed by atoms with Crippen LogP contribution < -0.4 is 4.74 Å². The van der Waals surface area contributed by atoms with Gasteiger partial charge in [0.25, 0.3) is 0 Å². The fourth-order valence-corrected chi connectivity index (χ4v) is 2.86. The Morgan fingerprint density at radius 3 is 2.70 bits per heavy atom. The molecule has 1 saturated carbocycles. The highest BCUT2D eigenvalue weighted by Crippen LogP contribution is 2.34. The number of carboxylic acids is 1. The molecular weight excluding hydrogens is 278 g/mol. The molecule has 0 spiro atoms. The van der Waals surface area contributed by atoms with Crippen LogP contribution in [0.5, 0.6) is 5.75 Å². The van der Waals surface area contributed by atoms with Crippen LogP contribution in [0.1, 0.15) is 38.3 Å². The average molecular weight is 298 g/mol. The van der Waals surface area contributed by atoms with Gasteiger partial charge in [-0.2, -0.15) is 0 Å². The van der Waals surface area contributed by atoms with Gasteiger partial charge < -0.3 is 9.84 Å². The van der Waals surface area contributed by atoms with Crippen LogP contribution in [0.2, 0.25) is 5.02 Å². The van der Waals surface area contributed by atoms with E-state index in [9.17, 15) is 4.79 Å². The van der Waals surface area contributed by atoms with Crippen LogP contribution in [0.15, 0.2) is 12.3 Å². The summed E-state index contributed by atoms with van der Waals surface area (Å²) in [6.07, 6.45) is 5.33. The normalized spacial score (nSPS) is 24.1. The van der Waals surface area contributed by atoms with Crippen molar-refractivity contribution in [3.63, 3.8) is 0 Å². The Balaban J connectivity index is 1.92. The molecule has 1 aromatic heterocycles. The third kappa shape index (κ3) is 3.42. The van der Waals surface area contributed by atoms with E-state index in [1.54, 1.807) is 19.2 Å². The molecule has 5 heteroatoms. The zero-order chi connectivity index (χ0) is 14.7. The fourth-order valence-electron chi connectivity index (χ4n) is 2.70. The maximum Gasteiger partial charge on any atom is 0.306 e. The van der Waals surface area contributed by atoms with E-state index in [1.807, 2.05) is 6.92 Å². The van der Waals surface area contributed by atoms with Gasteiger partial charge in [-0.05, 0) is 38.5 Å². The number of hydrogen-bond donors (Lipinski definition) is 1. The third-order valence-corrected chi connectivity index (χ3v) is 4.60. The number of aliphatic carboxylic acids is 1. The molecule has 0 amide bonds. The predicted molar refractivity (Wildman–Crippen MR) is 77.2 cm³/mol. The van der Waals surface area contributed by atoms with Gasteiger partial charge in [0.2, 0.25) is 0 Å². The molecule has 1 aliphatic carbocycles. The molecule has 1 heterocycles. The number of carboxylic acid groups (broad SMARTS) is 1. The van der Waals surface area contributed by atoms with Crippen molar-refractivity contribution in [1.82, 2.24) is 4.98 Å². The van der Waals surface area contributed by atoms with Gasteiger partial charge in [0.1, 0.15) is 10.8 Å². The van der Waals surface area contributed by atoms with Gasteiger partial charge in [0.05, 0.1) is 17.7 Å². The smallest absolute Gasteiger partial charge is 0.306 e. The first-order chi connectivity index (χ1) is 9.49. The lowest BCUT2D eigenvalue weighted by atomic mass is 9.80. The Morgan fingerprint density at radius 1 is 1.45 bits per heavy atom. The van der Waals surface area contributed by atoms with Crippen LogP contribution in [0.4, 0.5) is 0 Å². The van der Waals surface area contributed by atoms with Gasteiger partial charge in [0.15, 0.2) is 0 Å². The number of nitrogens with zero attached hydrogens (tertiary/aromatic N) is 1. The van der Waals surface area contributed by atoms with Crippen molar-refractivity contribution in [2.45, 2.75) is 45.6 Å². The van der Waals surface area contributed by atoms with Gasteiger partial charge >= 0.3 is 5.97 Å². The summed E-state index contributed by atoms with van der Waals surface area (Å²) >= 11 is 6.17. The van der Waals surface area contributed by atoms with Gasteiger partial charge in [-0.25, -0.2) is 0 Å². The number of pyridine rings is 1. The summed E-state index contributed by atoms with van der Waals surface area (Å²) in [7, 11) is 0. The summed E-state index contributed by atoms with van der Waals surface area (Å²) in [5.41, 5.74) is 0.761. The Labute approximate surface area is 124 Å². The van der Waals surface area contributed by atoms with Crippen molar-refractivity contribution in [2.75, 3.05) is 0 Å². The van der Waals surface area contributed by atoms with E-state index in [2.05, 4.69) is 4.98 Å². The van der Waals surface area contributed by atoms with Crippen molar-refractivity contribution in [3.8, 4) is 5.75 Å². The molecule has 0 aliphatic heterocycles. The maximum absolute atomic E-state index is 11.0. The molecule has 0 saturated heterocycles. The van der Waals surface area contributed by atoms with Crippen molar-refractivity contribution in [1.29, 1.82) is 0 Å². The average Bonchev–Trinajstić information content (AvgIpc) is 2.44. The van der Waals surface area contributed by atoms with E-state index >= 15 is 0 Å². The van der Waals surface area contributed by atoms with Crippen LogP contribution >= 0.6 is 11.6 Å². The molecule has 1 atom stereocenters. The Morgan fingerprint density at radius 2 is 2.10 bits per heavy atom. The summed E-state index contributed by atoms with van der Waals surface area (Å²) in [4.78, 5) is 15.1. The molecule has 1 N–H and O–H groups in total. The molecular formula is C15H20ClNO3. The second-order valence-corrected chi connectivity index (χ2v) is 5.87. The molecule has 0 radical (unpaired) electrons. The molecule has 110 valence electrons. The molecule has 1 unspecified atom stereocenters. The second-order valence-electron chi connectivity index (χ2n) is 5.49. The summed E-state index contributed by atoms with van der Waals surface area (Å²) in [5.74, 6) is -0.0548. The first kappa shape index (κ1) is 15.1. The summed E-state index contributed by atoms with van der Waals surface area (Å²) in [6, 6.07) is 1.78. The number of hydrogen-bond acceptors (Lipinski definition) is 3. The number of halogens is 1. The van der Waals surface area contributed by atoms with E-state index in [-0.39, 0.29) is 17.9 Å². The zero-order valence-electron chi connectivity index (χ0n) is 11.8. The van der Waals surface area contributed by atoms with Crippen LogP contribution in [0.25, 0.3) is 0 Å². The number of carbonyl (C=O) groups is 1. The van der Waals surface area contributed by atoms with Crippen LogP contribution in [-0.2, 0) is 4.79 Å². The third-order valence-electron chi connectivity index (χ3n) is 4.14. The van der Waals surface area contributed by atoms with E-state index < -0.39 is 5.97 Å². The fraction of sp³-hybridized carbons (Fsp3) is 0.600. The van der Waals surface area contributed by atoms with Crippen molar-refractivity contribution in [2.24, 2.45) is 11.8 Å². The molecule has 1 aliphatic rings. The quantitative estimate of drug-likeness (QED) is 0.920. The molecule has 1 fully saturated rings. The minimum atomic E-state index is -0.706. The Hall–Kier alpha value is -1.29. The van der Waals surface area contributed by atoms with Gasteiger partial charge in [0, 0.05) is 12.3 Å². The summed E-state index contributed by atoms with van der Waals surface area (Å²) in [6.45, 7) is 3.64. The molecule has 4 nitrogen and oxygen atoms in total. The first-order valence-corrected chi connectivity index (χ1v) is 7.37. The van der Waals surface area contributed by atoms with Crippen molar-refractivity contribution >= 4 is 17.6 Å². The molecule has 1 aromatic rings. The van der Waals surface area contributed by atoms with Gasteiger partial charge in [-0.15, -0.1) is 0 Å². The van der Waals surface area contributed by atoms with Crippen LogP contribution in [-0.4, -0.2) is 22.2 Å². The van der Waals surface area contributed by atoms with E-state index in [1.165, 1.54) is 0 Å². The zero-order valence-corrected chi connectivity index (χ0v) is 12.6. The molecule has 0 aromatic carbocycles. The Kier molecular flexibility index (Phi) is 4.86. The SMILES string of the molecule is Cc1nccc(OC2CCC(C(C)C(=O)O)CC2)c1Cl. The lowest BCUT2D eigenvalue weighted by Gasteiger charge is -2.31. The molecule has 20 heavy (non-hydrogen) atoms. The number of ether oxygens (including phenoxy) is 1. The summed E-state index contributed by atoms with van der Waals surface area (Å²) < 4.78 is 5.94. The first-order valence-electron chi connectivity index (χ1n) is 6.99. The summed E-state index contributed by atoms with van der Waals surface area (Å²) in [5, 5.41) is 9.61. The maximum atomic E-state index is 11.0. The van der Waals surface area contributed by atoms with Crippen LogP contribution in [0, 0.1) is 18.8 Å². The highest BCUT2D eigenvalue weighted by Gasteiger charge is 2.29. The second kappa shape index (κ2) is 6.44. The van der Waals surface area contributed by atoms with E-state index in [4.69, 9.17) is 21.4 Å². The number of aromatic nitrogens is 1. The number of rotatable bonds is 4. The van der Waals surface area contributed by atoms with Crippen molar-refractivity contribution in [3.05, 3.63) is 23.0 Å². The minimum absolute atomic E-state index is 0.117. The number of aryl methyl sites for hydroxylation is 1. The highest BCUT2D eigenvalue weighted by atomic mass is 35.5. The monoisotopic (exact) mass is 297 g/mol. The largest absolute Gasteiger partial charge is 0.489 e. The Bertz CT molecular complexity index is 484. The van der Waals surface area contributed by atoms with Crippen LogP contribution in [0.3, 0.4) is 0 Å². The van der Waals surface area contributed by atoms with E-state index in [0.717, 1.165) is 31.4 Å². The molecule has 2 rings (SSSR count). The predicted octanol–water partition coefficient (Wildman–Crippen LogP) is 3.70. The van der Waals surface area contributed by atoms with Gasteiger partial charge in [-0.3, -0.25) is 9.78 Å². The van der Waals surface area contributed by atoms with Crippen molar-refractivity contribution < 1.29 is 14.6 Å². The van der Waals surface area contributed by atoms with E-state index in [0.29, 0.717) is 10.8 Å². The highest BCUT2D eigenvalue weighted by molar-refractivity contribution is 6.32.